The molecule has 1 amide bonds. The first-order valence-corrected chi connectivity index (χ1v) is 7.06. The van der Waals surface area contributed by atoms with E-state index in [1.165, 1.54) is 5.56 Å². The van der Waals surface area contributed by atoms with Crippen molar-refractivity contribution in [2.75, 3.05) is 6.54 Å². The molecule has 0 aliphatic heterocycles. The van der Waals surface area contributed by atoms with E-state index in [1.54, 1.807) is 0 Å². The van der Waals surface area contributed by atoms with Crippen molar-refractivity contribution >= 4 is 17.5 Å². The van der Waals surface area contributed by atoms with Crippen LogP contribution in [0.5, 0.6) is 0 Å². The second-order valence-corrected chi connectivity index (χ2v) is 5.53. The zero-order valence-corrected chi connectivity index (χ0v) is 12.3. The third-order valence-corrected chi connectivity index (χ3v) is 3.31. The number of carbonyl (C=O) groups is 1. The Bertz CT molecular complexity index is 390. The lowest BCUT2D eigenvalue weighted by Crippen LogP contribution is -2.34. The molecule has 4 heteroatoms. The topological polar surface area (TPSA) is 49.3 Å². The van der Waals surface area contributed by atoms with Crippen molar-refractivity contribution in [3.63, 3.8) is 0 Å². The molecule has 1 aromatic carbocycles. The van der Waals surface area contributed by atoms with Crippen LogP contribution < -0.4 is 5.32 Å². The Morgan fingerprint density at radius 3 is 2.53 bits per heavy atom. The van der Waals surface area contributed by atoms with E-state index in [-0.39, 0.29) is 11.8 Å². The van der Waals surface area contributed by atoms with Crippen LogP contribution in [0, 0.1) is 5.92 Å². The van der Waals surface area contributed by atoms with Crippen LogP contribution in [-0.2, 0) is 11.2 Å². The molecule has 0 saturated heterocycles. The third-order valence-electron chi connectivity index (χ3n) is 3.06. The normalized spacial score (nSPS) is 12.5. The van der Waals surface area contributed by atoms with Crippen LogP contribution in [0.4, 0.5) is 0 Å². The van der Waals surface area contributed by atoms with Gasteiger partial charge < -0.3 is 10.4 Å². The molecule has 0 heterocycles. The average Bonchev–Trinajstić information content (AvgIpc) is 2.38. The van der Waals surface area contributed by atoms with Gasteiger partial charge in [0.15, 0.2) is 0 Å². The Morgan fingerprint density at radius 2 is 1.95 bits per heavy atom. The second kappa shape index (κ2) is 8.18. The summed E-state index contributed by atoms with van der Waals surface area (Å²) in [5.74, 6) is 0.156. The Morgan fingerprint density at radius 1 is 1.32 bits per heavy atom. The molecule has 1 unspecified atom stereocenters. The summed E-state index contributed by atoms with van der Waals surface area (Å²) in [4.78, 5) is 11.6. The molecule has 3 nitrogen and oxygen atoms in total. The van der Waals surface area contributed by atoms with Crippen molar-refractivity contribution in [2.24, 2.45) is 5.92 Å². The monoisotopic (exact) mass is 283 g/mol. The lowest BCUT2D eigenvalue weighted by Gasteiger charge is -2.14. The van der Waals surface area contributed by atoms with Gasteiger partial charge in [-0.1, -0.05) is 37.6 Å². The van der Waals surface area contributed by atoms with Gasteiger partial charge in [0.05, 0.1) is 6.10 Å². The van der Waals surface area contributed by atoms with E-state index in [2.05, 4.69) is 5.32 Å². The fourth-order valence-corrected chi connectivity index (χ4v) is 1.77. The first-order chi connectivity index (χ1) is 8.99. The van der Waals surface area contributed by atoms with Crippen molar-refractivity contribution in [2.45, 2.75) is 39.2 Å². The molecule has 0 spiro atoms. The van der Waals surface area contributed by atoms with Gasteiger partial charge in [0.25, 0.3) is 0 Å². The van der Waals surface area contributed by atoms with Gasteiger partial charge >= 0.3 is 0 Å². The van der Waals surface area contributed by atoms with Gasteiger partial charge in [0.1, 0.15) is 0 Å². The molecular weight excluding hydrogens is 262 g/mol. The molecule has 0 aliphatic carbocycles. The Kier molecular flexibility index (Phi) is 6.89. The minimum Gasteiger partial charge on any atom is -0.391 e. The van der Waals surface area contributed by atoms with E-state index in [9.17, 15) is 9.90 Å². The van der Waals surface area contributed by atoms with E-state index >= 15 is 0 Å². The zero-order chi connectivity index (χ0) is 14.3. The maximum atomic E-state index is 11.6. The van der Waals surface area contributed by atoms with Crippen molar-refractivity contribution in [1.82, 2.24) is 5.32 Å². The first-order valence-electron chi connectivity index (χ1n) is 6.68. The summed E-state index contributed by atoms with van der Waals surface area (Å²) < 4.78 is 0. The highest BCUT2D eigenvalue weighted by Crippen LogP contribution is 2.11. The predicted molar refractivity (Wildman–Crippen MR) is 78.2 cm³/mol. The summed E-state index contributed by atoms with van der Waals surface area (Å²) in [6.07, 6.45) is 1.66. The molecule has 1 rings (SSSR count). The summed E-state index contributed by atoms with van der Waals surface area (Å²) in [6, 6.07) is 7.66. The molecule has 2 N–H and O–H groups in total. The molecule has 0 saturated carbocycles. The van der Waals surface area contributed by atoms with Crippen molar-refractivity contribution < 1.29 is 9.90 Å². The number of rotatable bonds is 7. The smallest absolute Gasteiger partial charge is 0.220 e. The number of hydrogen-bond acceptors (Lipinski definition) is 2. The first kappa shape index (κ1) is 16.0. The van der Waals surface area contributed by atoms with Gasteiger partial charge in [-0.05, 0) is 36.5 Å². The molecule has 19 heavy (non-hydrogen) atoms. The van der Waals surface area contributed by atoms with Gasteiger partial charge in [0, 0.05) is 18.0 Å². The number of aliphatic hydroxyl groups excluding tert-OH is 1. The number of aryl methyl sites for hydroxylation is 1. The van der Waals surface area contributed by atoms with Gasteiger partial charge in [-0.3, -0.25) is 4.79 Å². The number of hydrogen-bond donors (Lipinski definition) is 2. The number of benzene rings is 1. The summed E-state index contributed by atoms with van der Waals surface area (Å²) in [5.41, 5.74) is 1.18. The van der Waals surface area contributed by atoms with Gasteiger partial charge in [-0.25, -0.2) is 0 Å². The van der Waals surface area contributed by atoms with E-state index in [0.717, 1.165) is 17.9 Å². The highest BCUT2D eigenvalue weighted by molar-refractivity contribution is 6.30. The minimum absolute atomic E-state index is 0.00587. The second-order valence-electron chi connectivity index (χ2n) is 5.10. The SMILES string of the molecule is CC(C)C(O)CNC(=O)CCCc1ccc(Cl)cc1. The van der Waals surface area contributed by atoms with E-state index in [4.69, 9.17) is 11.6 Å². The molecule has 1 atom stereocenters. The molecule has 0 aliphatic rings. The molecule has 0 fully saturated rings. The number of aliphatic hydroxyl groups is 1. The number of halogens is 1. The maximum Gasteiger partial charge on any atom is 0.220 e. The van der Waals surface area contributed by atoms with Crippen molar-refractivity contribution in [3.05, 3.63) is 34.9 Å². The summed E-state index contributed by atoms with van der Waals surface area (Å²) in [5, 5.41) is 13.1. The highest BCUT2D eigenvalue weighted by atomic mass is 35.5. The standard InChI is InChI=1S/C15H22ClNO2/c1-11(2)14(18)10-17-15(19)5-3-4-12-6-8-13(16)9-7-12/h6-9,11,14,18H,3-5,10H2,1-2H3,(H,17,19). The molecular formula is C15H22ClNO2. The lowest BCUT2D eigenvalue weighted by atomic mass is 10.1. The summed E-state index contributed by atoms with van der Waals surface area (Å²) in [6.45, 7) is 4.19. The van der Waals surface area contributed by atoms with Crippen molar-refractivity contribution in [3.8, 4) is 0 Å². The number of nitrogens with one attached hydrogen (secondary N) is 1. The van der Waals surface area contributed by atoms with Crippen LogP contribution in [0.25, 0.3) is 0 Å². The summed E-state index contributed by atoms with van der Waals surface area (Å²) in [7, 11) is 0. The van der Waals surface area contributed by atoms with Crippen LogP contribution in [0.3, 0.4) is 0 Å². The zero-order valence-electron chi connectivity index (χ0n) is 11.5. The van der Waals surface area contributed by atoms with Gasteiger partial charge in [0.2, 0.25) is 5.91 Å². The van der Waals surface area contributed by atoms with Crippen LogP contribution in [0.1, 0.15) is 32.3 Å². The van der Waals surface area contributed by atoms with E-state index < -0.39 is 6.10 Å². The number of amides is 1. The average molecular weight is 284 g/mol. The Balaban J connectivity index is 2.18. The quantitative estimate of drug-likeness (QED) is 0.808. The maximum absolute atomic E-state index is 11.6. The van der Waals surface area contributed by atoms with Crippen LogP contribution in [0.15, 0.2) is 24.3 Å². The fraction of sp³-hybridized carbons (Fsp3) is 0.533. The fourth-order valence-electron chi connectivity index (χ4n) is 1.65. The molecule has 1 aromatic rings. The Hall–Kier alpha value is -1.06. The van der Waals surface area contributed by atoms with E-state index in [0.29, 0.717) is 13.0 Å². The molecule has 106 valence electrons. The largest absolute Gasteiger partial charge is 0.391 e. The van der Waals surface area contributed by atoms with Crippen LogP contribution >= 0.6 is 11.6 Å². The predicted octanol–water partition coefficient (Wildman–Crippen LogP) is 2.80. The van der Waals surface area contributed by atoms with Crippen molar-refractivity contribution in [1.29, 1.82) is 0 Å². The van der Waals surface area contributed by atoms with Gasteiger partial charge in [-0.2, -0.15) is 0 Å². The molecule has 0 bridgehead atoms. The number of carbonyl (C=O) groups excluding carboxylic acids is 1. The van der Waals surface area contributed by atoms with E-state index in [1.807, 2.05) is 38.1 Å². The lowest BCUT2D eigenvalue weighted by molar-refractivity contribution is -0.121. The summed E-state index contributed by atoms with van der Waals surface area (Å²) >= 11 is 5.80. The van der Waals surface area contributed by atoms with Crippen LogP contribution in [-0.4, -0.2) is 23.7 Å². The molecule has 0 aromatic heterocycles. The van der Waals surface area contributed by atoms with Gasteiger partial charge in [-0.15, -0.1) is 0 Å². The van der Waals surface area contributed by atoms with Crippen LogP contribution in [0.2, 0.25) is 5.02 Å². The highest BCUT2D eigenvalue weighted by Gasteiger charge is 2.10. The third kappa shape index (κ3) is 6.60. The molecule has 0 radical (unpaired) electrons. The Labute approximate surface area is 120 Å². The minimum atomic E-state index is -0.472.